The molecule has 5 heteroatoms. The molecule has 0 fully saturated rings. The average molecular weight is 164 g/mol. The van der Waals surface area contributed by atoms with Gasteiger partial charge in [0.15, 0.2) is 6.29 Å². The number of ether oxygens (including phenoxy) is 1. The maximum absolute atomic E-state index is 10.0. The van der Waals surface area contributed by atoms with Crippen LogP contribution in [0.5, 0.6) is 0 Å². The minimum Gasteiger partial charge on any atom is -0.394 e. The fourth-order valence-corrected chi connectivity index (χ4v) is 0.705. The van der Waals surface area contributed by atoms with E-state index in [0.717, 1.165) is 0 Å². The Morgan fingerprint density at radius 1 is 1.55 bits per heavy atom. The summed E-state index contributed by atoms with van der Waals surface area (Å²) in [6.07, 6.45) is -3.45. The molecule has 11 heavy (non-hydrogen) atoms. The summed E-state index contributed by atoms with van der Waals surface area (Å²) in [6, 6.07) is 0. The molecule has 3 N–H and O–H groups in total. The van der Waals surface area contributed by atoms with Crippen molar-refractivity contribution < 1.29 is 24.9 Å². The van der Waals surface area contributed by atoms with Gasteiger partial charge < -0.3 is 24.9 Å². The molecule has 0 bridgehead atoms. The Bertz CT molecular complexity index is 116. The lowest BCUT2D eigenvalue weighted by molar-refractivity contribution is -0.132. The fraction of sp³-hybridized carbons (Fsp3) is 0.833. The molecule has 0 aliphatic rings. The van der Waals surface area contributed by atoms with Gasteiger partial charge in [-0.05, 0) is 0 Å². The molecule has 0 saturated heterocycles. The Balaban J connectivity index is 4.02. The van der Waals surface area contributed by atoms with Crippen LogP contribution in [-0.2, 0) is 9.53 Å². The molecule has 0 aromatic carbocycles. The zero-order valence-electron chi connectivity index (χ0n) is 6.17. The number of aliphatic hydroxyl groups excluding tert-OH is 3. The number of aldehydes is 1. The Morgan fingerprint density at radius 2 is 2.09 bits per heavy atom. The highest BCUT2D eigenvalue weighted by atomic mass is 16.5. The van der Waals surface area contributed by atoms with E-state index in [1.54, 1.807) is 0 Å². The van der Waals surface area contributed by atoms with Crippen LogP contribution in [-0.4, -0.2) is 53.6 Å². The monoisotopic (exact) mass is 164 g/mol. The first kappa shape index (κ1) is 10.5. The van der Waals surface area contributed by atoms with Crippen LogP contribution in [0.4, 0.5) is 0 Å². The first-order chi connectivity index (χ1) is 5.17. The van der Waals surface area contributed by atoms with Crippen molar-refractivity contribution >= 4 is 6.29 Å². The summed E-state index contributed by atoms with van der Waals surface area (Å²) >= 11 is 0. The summed E-state index contributed by atoms with van der Waals surface area (Å²) in [7, 11) is 1.23. The highest BCUT2D eigenvalue weighted by Crippen LogP contribution is 2.01. The third-order valence-corrected chi connectivity index (χ3v) is 1.31. The molecular weight excluding hydrogens is 152 g/mol. The normalized spacial score (nSPS) is 18.9. The van der Waals surface area contributed by atoms with Crippen molar-refractivity contribution in [2.24, 2.45) is 0 Å². The largest absolute Gasteiger partial charge is 0.394 e. The molecule has 0 aliphatic carbocycles. The number of aliphatic hydroxyl groups is 3. The number of methoxy groups -OCH3 is 1. The van der Waals surface area contributed by atoms with Crippen LogP contribution in [0.15, 0.2) is 0 Å². The SMILES string of the molecule is CO[C@@H]([C@H](O)C=O)[C@@H](O)CO. The molecule has 0 unspecified atom stereocenters. The third kappa shape index (κ3) is 2.94. The summed E-state index contributed by atoms with van der Waals surface area (Å²) in [5.41, 5.74) is 0. The van der Waals surface area contributed by atoms with E-state index in [1.165, 1.54) is 7.11 Å². The molecule has 0 aliphatic heterocycles. The molecular formula is C6H12O5. The maximum atomic E-state index is 10.0. The van der Waals surface area contributed by atoms with Gasteiger partial charge >= 0.3 is 0 Å². The average Bonchev–Trinajstić information content (AvgIpc) is 2.05. The van der Waals surface area contributed by atoms with E-state index < -0.39 is 24.9 Å². The van der Waals surface area contributed by atoms with E-state index in [9.17, 15) is 4.79 Å². The second-order valence-corrected chi connectivity index (χ2v) is 2.08. The number of hydrogen-bond donors (Lipinski definition) is 3. The van der Waals surface area contributed by atoms with Crippen LogP contribution >= 0.6 is 0 Å². The van der Waals surface area contributed by atoms with Gasteiger partial charge in [-0.25, -0.2) is 0 Å². The Kier molecular flexibility index (Phi) is 4.97. The molecule has 0 saturated carbocycles. The Hall–Kier alpha value is -0.490. The van der Waals surface area contributed by atoms with Gasteiger partial charge in [0.05, 0.1) is 6.61 Å². The van der Waals surface area contributed by atoms with Gasteiger partial charge in [0.2, 0.25) is 0 Å². The van der Waals surface area contributed by atoms with E-state index in [0.29, 0.717) is 0 Å². The minimum atomic E-state index is -1.40. The summed E-state index contributed by atoms with van der Waals surface area (Å²) in [5.74, 6) is 0. The van der Waals surface area contributed by atoms with Crippen molar-refractivity contribution in [1.29, 1.82) is 0 Å². The van der Waals surface area contributed by atoms with Crippen LogP contribution in [0.25, 0.3) is 0 Å². The molecule has 0 heterocycles. The van der Waals surface area contributed by atoms with E-state index in [1.807, 2.05) is 0 Å². The summed E-state index contributed by atoms with van der Waals surface area (Å²) in [4.78, 5) is 10.0. The van der Waals surface area contributed by atoms with Crippen LogP contribution in [0.2, 0.25) is 0 Å². The molecule has 66 valence electrons. The van der Waals surface area contributed by atoms with Crippen molar-refractivity contribution in [2.75, 3.05) is 13.7 Å². The van der Waals surface area contributed by atoms with Gasteiger partial charge in [-0.2, -0.15) is 0 Å². The van der Waals surface area contributed by atoms with Crippen molar-refractivity contribution in [3.63, 3.8) is 0 Å². The molecule has 3 atom stereocenters. The zero-order chi connectivity index (χ0) is 8.85. The first-order valence-corrected chi connectivity index (χ1v) is 3.12. The topological polar surface area (TPSA) is 87.0 Å². The second-order valence-electron chi connectivity index (χ2n) is 2.08. The molecule has 0 aromatic heterocycles. The van der Waals surface area contributed by atoms with Gasteiger partial charge in [-0.3, -0.25) is 0 Å². The zero-order valence-corrected chi connectivity index (χ0v) is 6.17. The van der Waals surface area contributed by atoms with Crippen LogP contribution in [0, 0.1) is 0 Å². The molecule has 0 rings (SSSR count). The number of rotatable bonds is 5. The number of hydrogen-bond acceptors (Lipinski definition) is 5. The Morgan fingerprint density at radius 3 is 2.36 bits per heavy atom. The van der Waals surface area contributed by atoms with Crippen LogP contribution in [0.3, 0.4) is 0 Å². The number of carbonyl (C=O) groups is 1. The molecule has 5 nitrogen and oxygen atoms in total. The van der Waals surface area contributed by atoms with Crippen molar-refractivity contribution in [3.8, 4) is 0 Å². The second kappa shape index (κ2) is 5.20. The maximum Gasteiger partial charge on any atom is 0.151 e. The lowest BCUT2D eigenvalue weighted by Crippen LogP contribution is -2.41. The van der Waals surface area contributed by atoms with E-state index in [-0.39, 0.29) is 6.29 Å². The van der Waals surface area contributed by atoms with Crippen molar-refractivity contribution in [3.05, 3.63) is 0 Å². The number of carbonyl (C=O) groups excluding carboxylic acids is 1. The molecule has 0 spiro atoms. The lowest BCUT2D eigenvalue weighted by Gasteiger charge is -2.21. The fourth-order valence-electron chi connectivity index (χ4n) is 0.705. The molecule has 0 radical (unpaired) electrons. The van der Waals surface area contributed by atoms with E-state index >= 15 is 0 Å². The quantitative estimate of drug-likeness (QED) is 0.406. The minimum absolute atomic E-state index is 0.243. The van der Waals surface area contributed by atoms with Gasteiger partial charge in [-0.1, -0.05) is 0 Å². The predicted octanol–water partition coefficient (Wildman–Crippen LogP) is -2.09. The van der Waals surface area contributed by atoms with E-state index in [4.69, 9.17) is 15.3 Å². The van der Waals surface area contributed by atoms with Crippen molar-refractivity contribution in [2.45, 2.75) is 18.3 Å². The lowest BCUT2D eigenvalue weighted by atomic mass is 10.1. The van der Waals surface area contributed by atoms with Gasteiger partial charge in [0, 0.05) is 7.11 Å². The van der Waals surface area contributed by atoms with Gasteiger partial charge in [-0.15, -0.1) is 0 Å². The van der Waals surface area contributed by atoms with Crippen LogP contribution < -0.4 is 0 Å². The highest BCUT2D eigenvalue weighted by molar-refractivity contribution is 5.56. The third-order valence-electron chi connectivity index (χ3n) is 1.31. The van der Waals surface area contributed by atoms with Gasteiger partial charge in [0.1, 0.15) is 18.3 Å². The Labute approximate surface area is 64.2 Å². The van der Waals surface area contributed by atoms with E-state index in [2.05, 4.69) is 4.74 Å². The first-order valence-electron chi connectivity index (χ1n) is 3.12. The summed E-state index contributed by atoms with van der Waals surface area (Å²) in [5, 5.41) is 26.2. The molecule has 0 aromatic rings. The molecule has 0 amide bonds. The standard InChI is InChI=1S/C6H12O5/c1-11-6(4(9)2-7)5(10)3-8/h2,4-6,8-10H,3H2,1H3/t4-,5+,6+/m1/s1. The van der Waals surface area contributed by atoms with Gasteiger partial charge in [0.25, 0.3) is 0 Å². The highest BCUT2D eigenvalue weighted by Gasteiger charge is 2.25. The van der Waals surface area contributed by atoms with Crippen molar-refractivity contribution in [1.82, 2.24) is 0 Å². The summed E-state index contributed by atoms with van der Waals surface area (Å²) < 4.78 is 4.56. The smallest absolute Gasteiger partial charge is 0.151 e. The van der Waals surface area contributed by atoms with Crippen LogP contribution in [0.1, 0.15) is 0 Å². The summed E-state index contributed by atoms with van der Waals surface area (Å²) in [6.45, 7) is -0.552. The predicted molar refractivity (Wildman–Crippen MR) is 36.0 cm³/mol.